The summed E-state index contributed by atoms with van der Waals surface area (Å²) in [4.78, 5) is 15.9. The summed E-state index contributed by atoms with van der Waals surface area (Å²) in [7, 11) is 2.12. The number of rotatable bonds is 3. The molecule has 0 aromatic rings. The first kappa shape index (κ1) is 12.5. The van der Waals surface area contributed by atoms with E-state index >= 15 is 0 Å². The molecule has 1 rings (SSSR count). The van der Waals surface area contributed by atoms with Crippen molar-refractivity contribution in [1.29, 1.82) is 0 Å². The van der Waals surface area contributed by atoms with Crippen LogP contribution in [0.15, 0.2) is 0 Å². The molecular weight excluding hydrogens is 190 g/mol. The molecule has 0 aliphatic carbocycles. The first-order valence-corrected chi connectivity index (χ1v) is 5.69. The molecule has 15 heavy (non-hydrogen) atoms. The molecule has 88 valence electrons. The molecule has 0 aromatic carbocycles. The maximum absolute atomic E-state index is 11.7. The highest BCUT2D eigenvalue weighted by atomic mass is 16.2. The molecule has 1 aliphatic rings. The topological polar surface area (TPSA) is 49.6 Å². The van der Waals surface area contributed by atoms with Gasteiger partial charge in [-0.1, -0.05) is 0 Å². The van der Waals surface area contributed by atoms with Crippen LogP contribution in [0, 0.1) is 0 Å². The van der Waals surface area contributed by atoms with Crippen LogP contribution in [-0.4, -0.2) is 54.0 Å². The average molecular weight is 213 g/mol. The molecule has 1 fully saturated rings. The first-order chi connectivity index (χ1) is 6.93. The van der Waals surface area contributed by atoms with Crippen molar-refractivity contribution in [3.05, 3.63) is 0 Å². The fourth-order valence-corrected chi connectivity index (χ4v) is 1.98. The molecule has 2 unspecified atom stereocenters. The van der Waals surface area contributed by atoms with Crippen LogP contribution in [0.25, 0.3) is 0 Å². The zero-order valence-electron chi connectivity index (χ0n) is 10.2. The minimum Gasteiger partial charge on any atom is -0.340 e. The van der Waals surface area contributed by atoms with Gasteiger partial charge in [-0.05, 0) is 34.2 Å². The number of likely N-dealkylation sites (N-methyl/N-ethyl adjacent to an activating group) is 1. The molecule has 0 bridgehead atoms. The van der Waals surface area contributed by atoms with E-state index in [9.17, 15) is 4.79 Å². The van der Waals surface area contributed by atoms with E-state index < -0.39 is 0 Å². The molecule has 4 heteroatoms. The molecule has 1 aliphatic heterocycles. The van der Waals surface area contributed by atoms with E-state index in [1.54, 1.807) is 6.92 Å². The van der Waals surface area contributed by atoms with Crippen LogP contribution in [-0.2, 0) is 4.79 Å². The van der Waals surface area contributed by atoms with Crippen molar-refractivity contribution in [2.24, 2.45) is 5.73 Å². The Bertz CT molecular complexity index is 228. The SMILES string of the molecule is CC(N)C(=O)N1CCC(N(C)C(C)C)C1. The monoisotopic (exact) mass is 213 g/mol. The number of hydrogen-bond acceptors (Lipinski definition) is 3. The highest BCUT2D eigenvalue weighted by Crippen LogP contribution is 2.16. The lowest BCUT2D eigenvalue weighted by Gasteiger charge is -2.28. The van der Waals surface area contributed by atoms with E-state index in [-0.39, 0.29) is 11.9 Å². The Morgan fingerprint density at radius 1 is 1.47 bits per heavy atom. The molecule has 1 heterocycles. The standard InChI is InChI=1S/C11H23N3O/c1-8(2)13(4)10-5-6-14(7-10)11(15)9(3)12/h8-10H,5-7,12H2,1-4H3. The van der Waals surface area contributed by atoms with Crippen LogP contribution in [0.3, 0.4) is 0 Å². The van der Waals surface area contributed by atoms with Crippen molar-refractivity contribution < 1.29 is 4.79 Å². The van der Waals surface area contributed by atoms with E-state index in [1.807, 2.05) is 4.90 Å². The summed E-state index contributed by atoms with van der Waals surface area (Å²) in [6.45, 7) is 7.78. The van der Waals surface area contributed by atoms with Gasteiger partial charge >= 0.3 is 0 Å². The van der Waals surface area contributed by atoms with E-state index in [0.717, 1.165) is 19.5 Å². The van der Waals surface area contributed by atoms with Crippen LogP contribution in [0.2, 0.25) is 0 Å². The van der Waals surface area contributed by atoms with Gasteiger partial charge in [-0.2, -0.15) is 0 Å². The zero-order chi connectivity index (χ0) is 11.6. The number of amides is 1. The molecule has 1 saturated heterocycles. The van der Waals surface area contributed by atoms with Gasteiger partial charge in [0.05, 0.1) is 6.04 Å². The molecular formula is C11H23N3O. The summed E-state index contributed by atoms with van der Waals surface area (Å²) in [6.07, 6.45) is 1.06. The van der Waals surface area contributed by atoms with Gasteiger partial charge in [0.1, 0.15) is 0 Å². The van der Waals surface area contributed by atoms with Gasteiger partial charge in [-0.3, -0.25) is 9.69 Å². The van der Waals surface area contributed by atoms with Gasteiger partial charge in [0.2, 0.25) is 5.91 Å². The molecule has 0 aromatic heterocycles. The zero-order valence-corrected chi connectivity index (χ0v) is 10.2. The third-order valence-electron chi connectivity index (χ3n) is 3.26. The van der Waals surface area contributed by atoms with Crippen molar-refractivity contribution in [3.8, 4) is 0 Å². The summed E-state index contributed by atoms with van der Waals surface area (Å²) >= 11 is 0. The maximum atomic E-state index is 11.7. The van der Waals surface area contributed by atoms with Gasteiger partial charge in [0.25, 0.3) is 0 Å². The van der Waals surface area contributed by atoms with E-state index in [1.165, 1.54) is 0 Å². The van der Waals surface area contributed by atoms with E-state index in [0.29, 0.717) is 12.1 Å². The molecule has 0 saturated carbocycles. The third kappa shape index (κ3) is 2.92. The maximum Gasteiger partial charge on any atom is 0.239 e. The minimum atomic E-state index is -0.367. The number of likely N-dealkylation sites (tertiary alicyclic amines) is 1. The van der Waals surface area contributed by atoms with Gasteiger partial charge in [0.15, 0.2) is 0 Å². The summed E-state index contributed by atoms with van der Waals surface area (Å²) in [5, 5.41) is 0. The second-order valence-electron chi connectivity index (χ2n) is 4.77. The van der Waals surface area contributed by atoms with E-state index in [2.05, 4.69) is 25.8 Å². The van der Waals surface area contributed by atoms with Crippen LogP contribution in [0.1, 0.15) is 27.2 Å². The Kier molecular flexibility index (Phi) is 4.11. The summed E-state index contributed by atoms with van der Waals surface area (Å²) in [6, 6.07) is 0.654. The first-order valence-electron chi connectivity index (χ1n) is 5.69. The highest BCUT2D eigenvalue weighted by molar-refractivity contribution is 5.81. The molecule has 2 atom stereocenters. The second kappa shape index (κ2) is 4.94. The molecule has 0 spiro atoms. The largest absolute Gasteiger partial charge is 0.340 e. The fourth-order valence-electron chi connectivity index (χ4n) is 1.98. The smallest absolute Gasteiger partial charge is 0.239 e. The van der Waals surface area contributed by atoms with Gasteiger partial charge < -0.3 is 10.6 Å². The summed E-state index contributed by atoms with van der Waals surface area (Å²) < 4.78 is 0. The lowest BCUT2D eigenvalue weighted by molar-refractivity contribution is -0.131. The average Bonchev–Trinajstić information content (AvgIpc) is 2.63. The predicted molar refractivity (Wildman–Crippen MR) is 61.5 cm³/mol. The fraction of sp³-hybridized carbons (Fsp3) is 0.909. The van der Waals surface area contributed by atoms with Gasteiger partial charge in [0, 0.05) is 25.2 Å². The third-order valence-corrected chi connectivity index (χ3v) is 3.26. The van der Waals surface area contributed by atoms with Crippen molar-refractivity contribution in [3.63, 3.8) is 0 Å². The quantitative estimate of drug-likeness (QED) is 0.732. The Balaban J connectivity index is 2.49. The molecule has 4 nitrogen and oxygen atoms in total. The molecule has 2 N–H and O–H groups in total. The van der Waals surface area contributed by atoms with Crippen LogP contribution < -0.4 is 5.73 Å². The highest BCUT2D eigenvalue weighted by Gasteiger charge is 2.30. The predicted octanol–water partition coefficient (Wildman–Crippen LogP) is 0.275. The number of carbonyl (C=O) groups excluding carboxylic acids is 1. The second-order valence-corrected chi connectivity index (χ2v) is 4.77. The number of nitrogens with zero attached hydrogens (tertiary/aromatic N) is 2. The van der Waals surface area contributed by atoms with Crippen molar-refractivity contribution in [2.75, 3.05) is 20.1 Å². The molecule has 0 radical (unpaired) electrons. The Labute approximate surface area is 92.4 Å². The van der Waals surface area contributed by atoms with Crippen LogP contribution >= 0.6 is 0 Å². The summed E-state index contributed by atoms with van der Waals surface area (Å²) in [5.41, 5.74) is 5.59. The number of nitrogens with two attached hydrogens (primary N) is 1. The van der Waals surface area contributed by atoms with Crippen LogP contribution in [0.4, 0.5) is 0 Å². The Morgan fingerprint density at radius 2 is 2.07 bits per heavy atom. The Hall–Kier alpha value is -0.610. The van der Waals surface area contributed by atoms with Crippen molar-refractivity contribution >= 4 is 5.91 Å². The van der Waals surface area contributed by atoms with Crippen molar-refractivity contribution in [2.45, 2.75) is 45.3 Å². The van der Waals surface area contributed by atoms with E-state index in [4.69, 9.17) is 5.73 Å². The normalized spacial score (nSPS) is 23.9. The lowest BCUT2D eigenvalue weighted by Crippen LogP contribution is -2.44. The minimum absolute atomic E-state index is 0.0784. The molecule has 1 amide bonds. The van der Waals surface area contributed by atoms with Gasteiger partial charge in [-0.25, -0.2) is 0 Å². The lowest BCUT2D eigenvalue weighted by atomic mass is 10.2. The number of carbonyl (C=O) groups is 1. The number of hydrogen-bond donors (Lipinski definition) is 1. The van der Waals surface area contributed by atoms with Crippen molar-refractivity contribution in [1.82, 2.24) is 9.80 Å². The van der Waals surface area contributed by atoms with Crippen LogP contribution in [0.5, 0.6) is 0 Å². The summed E-state index contributed by atoms with van der Waals surface area (Å²) in [5.74, 6) is 0.0784. The Morgan fingerprint density at radius 3 is 2.53 bits per heavy atom. The van der Waals surface area contributed by atoms with Gasteiger partial charge in [-0.15, -0.1) is 0 Å².